The Bertz CT molecular complexity index is 500. The molecule has 0 unspecified atom stereocenters. The van der Waals surface area contributed by atoms with Crippen molar-refractivity contribution in [2.24, 2.45) is 0 Å². The van der Waals surface area contributed by atoms with E-state index in [9.17, 15) is 18.5 Å². The van der Waals surface area contributed by atoms with E-state index in [2.05, 4.69) is 4.18 Å². The molecule has 1 aromatic carbocycles. The third kappa shape index (κ3) is 3.54. The second kappa shape index (κ2) is 4.21. The zero-order valence-electron chi connectivity index (χ0n) is 6.88. The van der Waals surface area contributed by atoms with Crippen LogP contribution in [0.5, 0.6) is 5.75 Å². The Morgan fingerprint density at radius 2 is 2.00 bits per heavy atom. The van der Waals surface area contributed by atoms with E-state index in [1.165, 1.54) is 0 Å². The van der Waals surface area contributed by atoms with Gasteiger partial charge in [0.1, 0.15) is 5.02 Å². The number of benzene rings is 1. The second-order valence-corrected chi connectivity index (χ2v) is 4.84. The lowest BCUT2D eigenvalue weighted by Crippen LogP contribution is -2.00. The summed E-state index contributed by atoms with van der Waals surface area (Å²) in [5, 5.41) is 10.3. The van der Waals surface area contributed by atoms with Crippen LogP contribution < -0.4 is 4.18 Å². The van der Waals surface area contributed by atoms with Gasteiger partial charge in [0.15, 0.2) is 5.75 Å². The number of hydrogen-bond acceptors (Lipinski definition) is 5. The van der Waals surface area contributed by atoms with Crippen molar-refractivity contribution >= 4 is 37.3 Å². The summed E-state index contributed by atoms with van der Waals surface area (Å²) in [6.45, 7) is 0. The summed E-state index contributed by atoms with van der Waals surface area (Å²) in [6.07, 6.45) is 0. The summed E-state index contributed by atoms with van der Waals surface area (Å²) >= 11 is 5.48. The highest BCUT2D eigenvalue weighted by atomic mass is 35.7. The molecule has 9 heteroatoms. The zero-order valence-corrected chi connectivity index (χ0v) is 9.21. The highest BCUT2D eigenvalue weighted by Gasteiger charge is 2.16. The topological polar surface area (TPSA) is 86.5 Å². The van der Waals surface area contributed by atoms with Crippen LogP contribution in [-0.4, -0.2) is 13.3 Å². The van der Waals surface area contributed by atoms with Crippen LogP contribution in [0.15, 0.2) is 18.2 Å². The minimum absolute atomic E-state index is 0.126. The average molecular weight is 272 g/mol. The van der Waals surface area contributed by atoms with Crippen LogP contribution in [0.25, 0.3) is 0 Å². The van der Waals surface area contributed by atoms with Crippen molar-refractivity contribution in [3.8, 4) is 5.75 Å². The van der Waals surface area contributed by atoms with Crippen LogP contribution in [-0.2, 0) is 9.33 Å². The highest BCUT2D eigenvalue weighted by Crippen LogP contribution is 2.29. The maximum absolute atomic E-state index is 10.5. The minimum atomic E-state index is -4.23. The predicted octanol–water partition coefficient (Wildman–Crippen LogP) is 2.11. The Hall–Kier alpha value is -1.05. The lowest BCUT2D eigenvalue weighted by Gasteiger charge is -2.01. The van der Waals surface area contributed by atoms with Crippen molar-refractivity contribution in [3.05, 3.63) is 33.3 Å². The van der Waals surface area contributed by atoms with Gasteiger partial charge in [0, 0.05) is 0 Å². The lowest BCUT2D eigenvalue weighted by atomic mass is 10.3. The minimum Gasteiger partial charge on any atom is -0.371 e. The van der Waals surface area contributed by atoms with Crippen LogP contribution in [0.4, 0.5) is 5.69 Å². The van der Waals surface area contributed by atoms with Crippen molar-refractivity contribution in [2.75, 3.05) is 0 Å². The molecule has 0 radical (unpaired) electrons. The van der Waals surface area contributed by atoms with E-state index in [0.717, 1.165) is 18.2 Å². The van der Waals surface area contributed by atoms with E-state index < -0.39 is 19.9 Å². The zero-order chi connectivity index (χ0) is 11.6. The van der Waals surface area contributed by atoms with E-state index in [1.54, 1.807) is 0 Å². The monoisotopic (exact) mass is 271 g/mol. The first-order valence-corrected chi connectivity index (χ1v) is 5.99. The third-order valence-electron chi connectivity index (χ3n) is 1.31. The van der Waals surface area contributed by atoms with E-state index >= 15 is 0 Å². The molecule has 0 spiro atoms. The number of nitrogens with zero attached hydrogens (tertiary/aromatic N) is 1. The highest BCUT2D eigenvalue weighted by molar-refractivity contribution is 8.10. The first-order valence-electron chi connectivity index (χ1n) is 3.37. The number of hydrogen-bond donors (Lipinski definition) is 0. The normalized spacial score (nSPS) is 11.1. The van der Waals surface area contributed by atoms with E-state index in [4.69, 9.17) is 22.3 Å². The molecular formula is C6H3Cl2NO5S. The number of nitro groups is 1. The standard InChI is InChI=1S/C6H3Cl2NO5S/c7-5-2-1-4(14-15(8,12)13)3-6(5)9(10)11/h1-3H. The van der Waals surface area contributed by atoms with E-state index in [-0.39, 0.29) is 10.8 Å². The molecule has 82 valence electrons. The van der Waals surface area contributed by atoms with Crippen LogP contribution in [0.1, 0.15) is 0 Å². The third-order valence-corrected chi connectivity index (χ3v) is 2.21. The van der Waals surface area contributed by atoms with Gasteiger partial charge in [0.25, 0.3) is 5.69 Å². The molecular weight excluding hydrogens is 269 g/mol. The Balaban J connectivity index is 3.14. The number of nitro benzene ring substituents is 1. The summed E-state index contributed by atoms with van der Waals surface area (Å²) in [5.41, 5.74) is -0.463. The van der Waals surface area contributed by atoms with Gasteiger partial charge in [-0.05, 0) is 12.1 Å². The van der Waals surface area contributed by atoms with Crippen LogP contribution in [0.2, 0.25) is 5.02 Å². The molecule has 0 heterocycles. The molecule has 0 atom stereocenters. The Kier molecular flexibility index (Phi) is 3.38. The summed E-state index contributed by atoms with van der Waals surface area (Å²) in [6, 6.07) is 3.15. The fraction of sp³-hybridized carbons (Fsp3) is 0. The van der Waals surface area contributed by atoms with Crippen LogP contribution >= 0.6 is 22.3 Å². The Morgan fingerprint density at radius 1 is 1.40 bits per heavy atom. The smallest absolute Gasteiger partial charge is 0.371 e. The molecule has 0 aliphatic rings. The molecule has 15 heavy (non-hydrogen) atoms. The van der Waals surface area contributed by atoms with Crippen molar-refractivity contribution < 1.29 is 17.5 Å². The van der Waals surface area contributed by atoms with Gasteiger partial charge in [0.05, 0.1) is 21.7 Å². The largest absolute Gasteiger partial charge is 0.401 e. The van der Waals surface area contributed by atoms with Crippen molar-refractivity contribution in [3.63, 3.8) is 0 Å². The van der Waals surface area contributed by atoms with Gasteiger partial charge in [-0.15, -0.1) is 0 Å². The fourth-order valence-corrected chi connectivity index (χ4v) is 1.54. The van der Waals surface area contributed by atoms with Gasteiger partial charge in [0.2, 0.25) is 0 Å². The molecule has 1 aromatic rings. The van der Waals surface area contributed by atoms with Crippen molar-refractivity contribution in [1.29, 1.82) is 0 Å². The van der Waals surface area contributed by atoms with Gasteiger partial charge in [-0.3, -0.25) is 10.1 Å². The second-order valence-electron chi connectivity index (χ2n) is 2.35. The maximum atomic E-state index is 10.5. The van der Waals surface area contributed by atoms with E-state index in [1.807, 2.05) is 0 Å². The maximum Gasteiger partial charge on any atom is 0.401 e. The van der Waals surface area contributed by atoms with Gasteiger partial charge in [-0.25, -0.2) is 0 Å². The van der Waals surface area contributed by atoms with Gasteiger partial charge >= 0.3 is 9.33 Å². The molecule has 0 N–H and O–H groups in total. The first-order chi connectivity index (χ1) is 6.79. The molecule has 0 aliphatic carbocycles. The molecule has 0 fully saturated rings. The molecule has 1 rings (SSSR count). The summed E-state index contributed by atoms with van der Waals surface area (Å²) in [5.74, 6) is -0.277. The molecule has 0 saturated carbocycles. The Labute approximate surface area is 94.1 Å². The average Bonchev–Trinajstić information content (AvgIpc) is 2.05. The fourth-order valence-electron chi connectivity index (χ4n) is 0.799. The number of halogens is 2. The van der Waals surface area contributed by atoms with Crippen molar-refractivity contribution in [2.45, 2.75) is 0 Å². The van der Waals surface area contributed by atoms with Crippen LogP contribution in [0, 0.1) is 10.1 Å². The van der Waals surface area contributed by atoms with Gasteiger partial charge in [-0.2, -0.15) is 8.42 Å². The van der Waals surface area contributed by atoms with Gasteiger partial charge < -0.3 is 4.18 Å². The summed E-state index contributed by atoms with van der Waals surface area (Å²) in [7, 11) is 0.561. The van der Waals surface area contributed by atoms with Crippen molar-refractivity contribution in [1.82, 2.24) is 0 Å². The van der Waals surface area contributed by atoms with Crippen LogP contribution in [0.3, 0.4) is 0 Å². The Morgan fingerprint density at radius 3 is 2.47 bits per heavy atom. The predicted molar refractivity (Wildman–Crippen MR) is 53.5 cm³/mol. The first kappa shape index (κ1) is 12.0. The molecule has 6 nitrogen and oxygen atoms in total. The molecule has 0 amide bonds. The summed E-state index contributed by atoms with van der Waals surface area (Å²) < 4.78 is 25.2. The lowest BCUT2D eigenvalue weighted by molar-refractivity contribution is -0.384. The molecule has 0 aromatic heterocycles. The SMILES string of the molecule is O=[N+]([O-])c1cc(OS(=O)(=O)Cl)ccc1Cl. The van der Waals surface area contributed by atoms with E-state index in [0.29, 0.717) is 0 Å². The summed E-state index contributed by atoms with van der Waals surface area (Å²) in [4.78, 5) is 9.65. The molecule has 0 bridgehead atoms. The molecule has 0 aliphatic heterocycles. The molecule has 0 saturated heterocycles. The van der Waals surface area contributed by atoms with Gasteiger partial charge in [-0.1, -0.05) is 11.6 Å². The number of rotatable bonds is 3. The quantitative estimate of drug-likeness (QED) is 0.477.